The number of hydrogen-bond donors (Lipinski definition) is 0. The topological polar surface area (TPSA) is 168 Å². The van der Waals surface area contributed by atoms with E-state index >= 15 is 0 Å². The zero-order valence-electron chi connectivity index (χ0n) is 35.6. The predicted molar refractivity (Wildman–Crippen MR) is 201 cm³/mol. The molecule has 0 atom stereocenters. The van der Waals surface area contributed by atoms with Gasteiger partial charge in [0.05, 0.1) is 52.1 Å². The molecule has 0 aliphatic rings. The van der Waals surface area contributed by atoms with Crippen molar-refractivity contribution in [2.75, 3.05) is 26.4 Å². The van der Waals surface area contributed by atoms with E-state index in [0.29, 0.717) is 26.4 Å². The maximum absolute atomic E-state index is 11.5. The van der Waals surface area contributed by atoms with Gasteiger partial charge in [0.15, 0.2) is 0 Å². The molecule has 0 saturated heterocycles. The molecule has 0 unspecified atom stereocenters. The zero-order valence-corrected chi connectivity index (χ0v) is 39.6. The molecule has 0 bridgehead atoms. The van der Waals surface area contributed by atoms with Gasteiger partial charge in [-0.1, -0.05) is 156 Å². The van der Waals surface area contributed by atoms with E-state index in [2.05, 4.69) is 27.7 Å². The van der Waals surface area contributed by atoms with Gasteiger partial charge in [-0.05, 0) is 31.8 Å². The summed E-state index contributed by atoms with van der Waals surface area (Å²) in [4.78, 5) is 54.5. The fraction of sp³-hybridized carbons (Fsp3) is 0.878. The molecular weight excluding hydrogens is 714 g/mol. The summed E-state index contributed by atoms with van der Waals surface area (Å²) in [6, 6.07) is 0. The smallest absolute Gasteiger partial charge is 0.652 e. The van der Waals surface area contributed by atoms with Crippen molar-refractivity contribution in [2.45, 2.75) is 207 Å². The van der Waals surface area contributed by atoms with Crippen LogP contribution >= 0.6 is 0 Å². The molecule has 0 heterocycles. The van der Waals surface area contributed by atoms with Crippen LogP contribution in [0.4, 0.5) is 4.79 Å². The molecule has 0 aromatic rings. The van der Waals surface area contributed by atoms with E-state index in [1.807, 2.05) is 0 Å². The summed E-state index contributed by atoms with van der Waals surface area (Å²) in [5.74, 6) is -1.17. The monoisotopic (exact) mass is 791 g/mol. The Labute approximate surface area is 373 Å². The molecule has 0 fully saturated rings. The first kappa shape index (κ1) is 62.3. The van der Waals surface area contributed by atoms with Crippen LogP contribution in [0.15, 0.2) is 0 Å². The third kappa shape index (κ3) is 63.1. The molecule has 0 N–H and O–H groups in total. The third-order valence-corrected chi connectivity index (χ3v) is 8.11. The Balaban J connectivity index is -0.000000260. The first-order valence-corrected chi connectivity index (χ1v) is 20.6. The minimum atomic E-state index is -2.33. The van der Waals surface area contributed by atoms with Gasteiger partial charge in [0.25, 0.3) is 0 Å². The number of rotatable bonds is 34. The maximum Gasteiger partial charge on any atom is 1.00 e. The van der Waals surface area contributed by atoms with E-state index in [9.17, 15) is 19.2 Å². The number of esters is 4. The molecule has 0 rings (SSSR count). The van der Waals surface area contributed by atoms with Gasteiger partial charge in [-0.2, -0.15) is 0 Å². The average molecular weight is 791 g/mol. The molecule has 0 spiro atoms. The van der Waals surface area contributed by atoms with Crippen LogP contribution in [-0.2, 0) is 38.1 Å². The van der Waals surface area contributed by atoms with Gasteiger partial charge in [-0.3, -0.25) is 19.2 Å². The quantitative estimate of drug-likeness (QED) is 0.0407. The third-order valence-electron chi connectivity index (χ3n) is 8.11. The van der Waals surface area contributed by atoms with Gasteiger partial charge < -0.3 is 34.0 Å². The number of unbranched alkanes of at least 4 members (excludes halogenated alkanes) is 20. The van der Waals surface area contributed by atoms with Crippen molar-refractivity contribution in [3.05, 3.63) is 0 Å². The Morgan fingerprint density at radius 3 is 0.630 bits per heavy atom. The van der Waals surface area contributed by atoms with Crippen molar-refractivity contribution < 1.29 is 112 Å². The summed E-state index contributed by atoms with van der Waals surface area (Å²) in [6.45, 7) is 10.7. The Hall–Kier alpha value is -0.850. The molecule has 0 amide bonds. The van der Waals surface area contributed by atoms with Crippen molar-refractivity contribution in [1.29, 1.82) is 0 Å². The van der Waals surface area contributed by atoms with Crippen LogP contribution in [0.2, 0.25) is 0 Å². The van der Waals surface area contributed by atoms with Crippen LogP contribution < -0.4 is 69.3 Å². The predicted octanol–water partition coefficient (Wildman–Crippen LogP) is 2.71. The van der Waals surface area contributed by atoms with Crippen molar-refractivity contribution in [1.82, 2.24) is 0 Å². The first-order chi connectivity index (χ1) is 25.1. The van der Waals surface area contributed by atoms with Crippen molar-refractivity contribution in [3.63, 3.8) is 0 Å². The molecule has 11 nitrogen and oxygen atoms in total. The molecule has 0 aromatic heterocycles. The van der Waals surface area contributed by atoms with Gasteiger partial charge >= 0.3 is 83.0 Å². The summed E-state index contributed by atoms with van der Waals surface area (Å²) < 4.78 is 20.5. The van der Waals surface area contributed by atoms with Gasteiger partial charge in [-0.15, -0.1) is 0 Å². The number of carbonyl (C=O) groups is 5. The van der Waals surface area contributed by atoms with Crippen LogP contribution in [0, 0.1) is 0 Å². The summed E-state index contributed by atoms with van der Waals surface area (Å²) in [5, 5.41) is 16.7. The molecule has 0 aliphatic heterocycles. The largest absolute Gasteiger partial charge is 1.00 e. The Morgan fingerprint density at radius 2 is 0.463 bits per heavy atom. The van der Waals surface area contributed by atoms with Crippen molar-refractivity contribution >= 4 is 30.0 Å². The zero-order chi connectivity index (χ0) is 39.3. The number of carbonyl (C=O) groups excluding carboxylic acids is 5. The van der Waals surface area contributed by atoms with Gasteiger partial charge in [-0.25, -0.2) is 0 Å². The maximum atomic E-state index is 11.5. The second kappa shape index (κ2) is 54.3. The molecule has 54 heavy (non-hydrogen) atoms. The van der Waals surface area contributed by atoms with Crippen LogP contribution in [0.3, 0.4) is 0 Å². The molecule has 0 radical (unpaired) electrons. The van der Waals surface area contributed by atoms with Crippen LogP contribution in [0.25, 0.3) is 0 Å². The second-order valence-corrected chi connectivity index (χ2v) is 13.2. The SMILES string of the molecule is CCCCCCCCOC(=O)CCC(=O)OCCCCCCCC.CCCCCCCCOC(=O)CCC(=O)OCCCCCCCC.O=C([O-])[O-].[Na+].[Na+]. The van der Waals surface area contributed by atoms with Crippen molar-refractivity contribution in [3.8, 4) is 0 Å². The molecule has 0 aliphatic carbocycles. The van der Waals surface area contributed by atoms with Crippen molar-refractivity contribution in [2.24, 2.45) is 0 Å². The van der Waals surface area contributed by atoms with Gasteiger partial charge in [0.2, 0.25) is 0 Å². The fourth-order valence-electron chi connectivity index (χ4n) is 4.97. The van der Waals surface area contributed by atoms with Gasteiger partial charge in [0, 0.05) is 0 Å². The first-order valence-electron chi connectivity index (χ1n) is 20.6. The molecule has 13 heteroatoms. The van der Waals surface area contributed by atoms with E-state index in [1.54, 1.807) is 0 Å². The Morgan fingerprint density at radius 1 is 0.315 bits per heavy atom. The minimum Gasteiger partial charge on any atom is -0.652 e. The summed E-state index contributed by atoms with van der Waals surface area (Å²) in [6.07, 6.45) is 26.2. The van der Waals surface area contributed by atoms with E-state index in [-0.39, 0.29) is 109 Å². The van der Waals surface area contributed by atoms with Crippen LogP contribution in [0.1, 0.15) is 207 Å². The molecular formula is C41H76Na2O11. The second-order valence-electron chi connectivity index (χ2n) is 13.2. The van der Waals surface area contributed by atoms with E-state index < -0.39 is 6.16 Å². The Kier molecular flexibility index (Phi) is 62.6. The number of carboxylic acid groups (broad SMARTS) is 2. The van der Waals surface area contributed by atoms with Crippen LogP contribution in [0.5, 0.6) is 0 Å². The Bertz CT molecular complexity index is 705. The molecule has 308 valence electrons. The standard InChI is InChI=1S/2C20H38O4.CH2O3.2Na/c2*1-3-5-7-9-11-13-17-23-19(21)15-16-20(22)24-18-14-12-10-8-6-4-2;2-1(3)4;;/h2*3-18H2,1-2H3;(H2,2,3,4);;/q;;;2*+1/p-2. The van der Waals surface area contributed by atoms with E-state index in [1.165, 1.54) is 103 Å². The minimum absolute atomic E-state index is 0. The summed E-state index contributed by atoms with van der Waals surface area (Å²) in [7, 11) is 0. The normalized spacial score (nSPS) is 9.85. The number of hydrogen-bond acceptors (Lipinski definition) is 11. The summed E-state index contributed by atoms with van der Waals surface area (Å²) in [5.41, 5.74) is 0. The van der Waals surface area contributed by atoms with Gasteiger partial charge in [0.1, 0.15) is 0 Å². The van der Waals surface area contributed by atoms with E-state index in [0.717, 1.165) is 51.4 Å². The van der Waals surface area contributed by atoms with Crippen LogP contribution in [-0.4, -0.2) is 56.5 Å². The molecule has 0 aromatic carbocycles. The molecule has 0 saturated carbocycles. The summed E-state index contributed by atoms with van der Waals surface area (Å²) >= 11 is 0. The fourth-order valence-corrected chi connectivity index (χ4v) is 4.97. The average Bonchev–Trinajstić information content (AvgIpc) is 3.11. The van der Waals surface area contributed by atoms with E-state index in [4.69, 9.17) is 34.0 Å². The number of ether oxygens (including phenoxy) is 4.